The molecule has 0 radical (unpaired) electrons. The molecular weight excluding hydrogens is 606 g/mol. The van der Waals surface area contributed by atoms with E-state index in [1.165, 1.54) is 7.11 Å². The Labute approximate surface area is 249 Å². The van der Waals surface area contributed by atoms with Gasteiger partial charge in [-0.25, -0.2) is 4.79 Å². The van der Waals surface area contributed by atoms with Crippen molar-refractivity contribution < 1.29 is 94.2 Å². The van der Waals surface area contributed by atoms with Crippen molar-refractivity contribution in [1.82, 2.24) is 5.32 Å². The number of hydrogen-bond acceptors (Lipinski definition) is 18. The number of methoxy groups -OCH3 is 1. The van der Waals surface area contributed by atoms with E-state index in [9.17, 15) is 65.8 Å². The van der Waals surface area contributed by atoms with Crippen LogP contribution in [0, 0.1) is 0 Å². The predicted molar refractivity (Wildman–Crippen MR) is 135 cm³/mol. The lowest BCUT2D eigenvalue weighted by Crippen LogP contribution is -2.70. The second kappa shape index (κ2) is 15.3. The van der Waals surface area contributed by atoms with Gasteiger partial charge in [0, 0.05) is 20.5 Å². The fraction of sp³-hybridized carbons (Fsp3) is 0.917. The number of carbonyl (C=O) groups is 2. The molecule has 1 unspecified atom stereocenters. The van der Waals surface area contributed by atoms with E-state index in [4.69, 9.17) is 28.4 Å². The summed E-state index contributed by atoms with van der Waals surface area (Å²) >= 11 is 0. The van der Waals surface area contributed by atoms with Gasteiger partial charge >= 0.3 is 5.97 Å². The van der Waals surface area contributed by atoms with Gasteiger partial charge < -0.3 is 89.9 Å². The van der Waals surface area contributed by atoms with Crippen LogP contribution in [0.2, 0.25) is 0 Å². The molecule has 3 saturated heterocycles. The normalized spacial score (nSPS) is 44.5. The van der Waals surface area contributed by atoms with E-state index in [2.05, 4.69) is 5.32 Å². The van der Waals surface area contributed by atoms with Crippen LogP contribution in [0.5, 0.6) is 0 Å². The topological polar surface area (TPSA) is 324 Å². The maximum Gasteiger partial charge on any atom is 0.364 e. The average Bonchev–Trinajstić information content (AvgIpc) is 2.97. The van der Waals surface area contributed by atoms with E-state index in [0.717, 1.165) is 6.92 Å². The standard InChI is InChI=1S/C24H41NO19/c1-7(28)25-12-8(29)3-24(23(37)38,43-19(12)13(31)9(30)6-39-2)44-20-14(32)10(4-26)41-22(17(20)35)42-18-11(5-27)40-21(36)16(34)15(18)33/h8-22,26-27,29-36H,3-6H2,1-2H3,(H,25,28)(H,37,38)/t8-,9+,10+,11+,12+,13+,14-,15+,16+,17+,18+,19+,20-,21?,22-,24-/m0/s1. The first-order valence-electron chi connectivity index (χ1n) is 13.6. The second-order valence-electron chi connectivity index (χ2n) is 10.8. The minimum atomic E-state index is -2.98. The van der Waals surface area contributed by atoms with Crippen LogP contribution in [-0.4, -0.2) is 193 Å². The highest BCUT2D eigenvalue weighted by Crippen LogP contribution is 2.38. The molecule has 20 nitrogen and oxygen atoms in total. The zero-order valence-corrected chi connectivity index (χ0v) is 23.7. The van der Waals surface area contributed by atoms with Gasteiger partial charge in [-0.05, 0) is 0 Å². The number of nitrogens with one attached hydrogen (secondary N) is 1. The molecule has 44 heavy (non-hydrogen) atoms. The molecule has 0 spiro atoms. The third-order valence-electron chi connectivity index (χ3n) is 7.62. The minimum absolute atomic E-state index is 0.475. The molecular formula is C24H41NO19. The number of hydrogen-bond donors (Lipinski definition) is 12. The van der Waals surface area contributed by atoms with Crippen molar-refractivity contribution >= 4 is 11.9 Å². The van der Waals surface area contributed by atoms with Gasteiger partial charge in [0.25, 0.3) is 5.79 Å². The third-order valence-corrected chi connectivity index (χ3v) is 7.62. The Morgan fingerprint density at radius 3 is 2.11 bits per heavy atom. The fourth-order valence-corrected chi connectivity index (χ4v) is 5.32. The maximum absolute atomic E-state index is 12.6. The zero-order valence-electron chi connectivity index (χ0n) is 23.7. The molecule has 0 aromatic carbocycles. The summed E-state index contributed by atoms with van der Waals surface area (Å²) in [5.41, 5.74) is 0. The molecule has 3 rings (SSSR count). The molecule has 12 N–H and O–H groups in total. The van der Waals surface area contributed by atoms with Crippen molar-refractivity contribution in [2.24, 2.45) is 0 Å². The summed E-state index contributed by atoms with van der Waals surface area (Å²) in [6.07, 6.45) is -27.2. The average molecular weight is 648 g/mol. The molecule has 3 fully saturated rings. The largest absolute Gasteiger partial charge is 0.477 e. The van der Waals surface area contributed by atoms with E-state index in [-0.39, 0.29) is 0 Å². The number of aliphatic hydroxyl groups excluding tert-OH is 10. The molecule has 1 amide bonds. The zero-order chi connectivity index (χ0) is 33.1. The molecule has 0 saturated carbocycles. The van der Waals surface area contributed by atoms with Gasteiger partial charge in [0.1, 0.15) is 67.1 Å². The number of carboxylic acids is 1. The molecule has 3 heterocycles. The molecule has 16 atom stereocenters. The summed E-state index contributed by atoms with van der Waals surface area (Å²) in [5, 5.41) is 116. The van der Waals surface area contributed by atoms with Crippen molar-refractivity contribution in [2.75, 3.05) is 26.9 Å². The smallest absolute Gasteiger partial charge is 0.364 e. The van der Waals surface area contributed by atoms with Gasteiger partial charge in [0.2, 0.25) is 5.91 Å². The van der Waals surface area contributed by atoms with Crippen molar-refractivity contribution in [3.05, 3.63) is 0 Å². The number of ether oxygens (including phenoxy) is 6. The minimum Gasteiger partial charge on any atom is -0.477 e. The van der Waals surface area contributed by atoms with Crippen molar-refractivity contribution in [3.8, 4) is 0 Å². The summed E-state index contributed by atoms with van der Waals surface area (Å²) in [4.78, 5) is 24.4. The highest BCUT2D eigenvalue weighted by atomic mass is 16.8. The summed E-state index contributed by atoms with van der Waals surface area (Å²) in [5.74, 6) is -5.63. The molecule has 256 valence electrons. The molecule has 0 aromatic heterocycles. The third kappa shape index (κ3) is 7.63. The van der Waals surface area contributed by atoms with E-state index < -0.39 is 136 Å². The highest BCUT2D eigenvalue weighted by molar-refractivity contribution is 5.76. The Kier molecular flexibility index (Phi) is 12.8. The van der Waals surface area contributed by atoms with Gasteiger partial charge in [0.15, 0.2) is 12.6 Å². The second-order valence-corrected chi connectivity index (χ2v) is 10.8. The number of aliphatic hydroxyl groups is 10. The predicted octanol–water partition coefficient (Wildman–Crippen LogP) is -7.57. The highest BCUT2D eigenvalue weighted by Gasteiger charge is 2.60. The number of amides is 1. The van der Waals surface area contributed by atoms with E-state index in [0.29, 0.717) is 0 Å². The summed E-state index contributed by atoms with van der Waals surface area (Å²) in [7, 11) is 1.19. The fourth-order valence-electron chi connectivity index (χ4n) is 5.32. The van der Waals surface area contributed by atoms with Crippen LogP contribution in [0.4, 0.5) is 0 Å². The van der Waals surface area contributed by atoms with Crippen LogP contribution in [0.3, 0.4) is 0 Å². The van der Waals surface area contributed by atoms with Crippen molar-refractivity contribution in [2.45, 2.75) is 111 Å². The Hall–Kier alpha value is -1.70. The van der Waals surface area contributed by atoms with Gasteiger partial charge in [0.05, 0.1) is 32.0 Å². The van der Waals surface area contributed by atoms with Crippen LogP contribution in [-0.2, 0) is 38.0 Å². The first kappa shape index (κ1) is 36.8. The van der Waals surface area contributed by atoms with Crippen molar-refractivity contribution in [3.63, 3.8) is 0 Å². The monoisotopic (exact) mass is 647 g/mol. The van der Waals surface area contributed by atoms with Gasteiger partial charge in [-0.3, -0.25) is 4.79 Å². The van der Waals surface area contributed by atoms with E-state index in [1.807, 2.05) is 0 Å². The quantitative estimate of drug-likeness (QED) is 0.0935. The van der Waals surface area contributed by atoms with Crippen LogP contribution < -0.4 is 5.32 Å². The maximum atomic E-state index is 12.6. The lowest BCUT2D eigenvalue weighted by molar-refractivity contribution is -0.385. The number of carbonyl (C=O) groups excluding carboxylic acids is 1. The lowest BCUT2D eigenvalue weighted by Gasteiger charge is -2.50. The first-order valence-corrected chi connectivity index (χ1v) is 13.6. The Bertz CT molecular complexity index is 958. The lowest BCUT2D eigenvalue weighted by atomic mass is 9.88. The Morgan fingerprint density at radius 1 is 0.932 bits per heavy atom. The molecule has 0 aromatic rings. The van der Waals surface area contributed by atoms with Gasteiger partial charge in [-0.1, -0.05) is 0 Å². The number of aliphatic carboxylic acids is 1. The summed E-state index contributed by atoms with van der Waals surface area (Å²) < 4.78 is 31.9. The first-order chi connectivity index (χ1) is 20.6. The van der Waals surface area contributed by atoms with Crippen LogP contribution in [0.25, 0.3) is 0 Å². The van der Waals surface area contributed by atoms with E-state index >= 15 is 0 Å². The number of carboxylic acid groups (broad SMARTS) is 1. The Morgan fingerprint density at radius 2 is 1.57 bits per heavy atom. The molecule has 20 heteroatoms. The summed E-state index contributed by atoms with van der Waals surface area (Å²) in [6, 6.07) is -1.49. The Balaban J connectivity index is 1.95. The van der Waals surface area contributed by atoms with Crippen LogP contribution >= 0.6 is 0 Å². The van der Waals surface area contributed by atoms with Crippen LogP contribution in [0.15, 0.2) is 0 Å². The SMILES string of the molecule is COC[C@@H](O)[C@@H](O)[C@@H]1O[C@@](O[C@H]2[C@@H](O)[C@@H](CO)O[C@@H](O[C@H]3[C@H](O)[C@@H](O)C(O)O[C@@H]3CO)[C@@H]2O)(C(=O)O)C[C@H](O)[C@H]1NC(C)=O. The van der Waals surface area contributed by atoms with Gasteiger partial charge in [-0.2, -0.15) is 0 Å². The molecule has 3 aliphatic heterocycles. The number of rotatable bonds is 12. The summed E-state index contributed by atoms with van der Waals surface area (Å²) in [6.45, 7) is -1.23. The molecule has 3 aliphatic rings. The molecule has 0 bridgehead atoms. The molecule has 0 aliphatic carbocycles. The van der Waals surface area contributed by atoms with Gasteiger partial charge in [-0.15, -0.1) is 0 Å². The van der Waals surface area contributed by atoms with Crippen LogP contribution in [0.1, 0.15) is 13.3 Å². The van der Waals surface area contributed by atoms with E-state index in [1.54, 1.807) is 0 Å². The van der Waals surface area contributed by atoms with Crippen molar-refractivity contribution in [1.29, 1.82) is 0 Å².